The number of amides is 2. The quantitative estimate of drug-likeness (QED) is 0.172. The molecule has 6 heterocycles. The topological polar surface area (TPSA) is 95.8 Å². The van der Waals surface area contributed by atoms with Gasteiger partial charge in [-0.2, -0.15) is 0 Å². The number of rotatable bonds is 9. The number of aromatic nitrogens is 3. The molecule has 2 aromatic carbocycles. The lowest BCUT2D eigenvalue weighted by molar-refractivity contribution is -0.130. The summed E-state index contributed by atoms with van der Waals surface area (Å²) in [6.45, 7) is 7.36. The molecular weight excluding hydrogens is 721 g/mol. The van der Waals surface area contributed by atoms with Crippen LogP contribution in [0.3, 0.4) is 0 Å². The molecule has 3 saturated heterocycles. The van der Waals surface area contributed by atoms with Gasteiger partial charge in [0, 0.05) is 123 Å². The van der Waals surface area contributed by atoms with Crippen molar-refractivity contribution in [2.24, 2.45) is 12.5 Å². The largest absolute Gasteiger partial charge is 0.496 e. The zero-order chi connectivity index (χ0) is 37.7. The van der Waals surface area contributed by atoms with Crippen LogP contribution < -0.4 is 10.1 Å². The molecular formula is C42H45Cl2N7O3. The van der Waals surface area contributed by atoms with E-state index in [-0.39, 0.29) is 17.2 Å². The van der Waals surface area contributed by atoms with Crippen molar-refractivity contribution in [3.63, 3.8) is 0 Å². The first-order valence-corrected chi connectivity index (χ1v) is 19.3. The van der Waals surface area contributed by atoms with E-state index in [4.69, 9.17) is 32.9 Å². The van der Waals surface area contributed by atoms with Crippen LogP contribution in [-0.4, -0.2) is 94.0 Å². The van der Waals surface area contributed by atoms with E-state index < -0.39 is 0 Å². The molecule has 3 aliphatic rings. The zero-order valence-corrected chi connectivity index (χ0v) is 32.7. The van der Waals surface area contributed by atoms with Crippen LogP contribution in [0.2, 0.25) is 10.0 Å². The van der Waals surface area contributed by atoms with Gasteiger partial charge in [0.05, 0.1) is 28.5 Å². The molecule has 54 heavy (non-hydrogen) atoms. The molecule has 3 aromatic heterocycles. The van der Waals surface area contributed by atoms with Gasteiger partial charge in [-0.25, -0.2) is 4.98 Å². The second-order valence-electron chi connectivity index (χ2n) is 15.3. The summed E-state index contributed by atoms with van der Waals surface area (Å²) in [5.41, 5.74) is 7.92. The summed E-state index contributed by atoms with van der Waals surface area (Å²) >= 11 is 14.4. The number of nitrogens with one attached hydrogen (secondary N) is 1. The fraction of sp³-hybridized carbons (Fsp3) is 0.381. The molecule has 5 aromatic rings. The van der Waals surface area contributed by atoms with Gasteiger partial charge >= 0.3 is 0 Å². The SMILES string of the molecule is COc1cc(-c2nccc(-c3cccc(-c4ccc5c(CN(C)C6CCN(C(C)=O)CC6)cn(C)c5n4)c3Cl)c2Cl)ccc1CN1CC2(CNC(=O)C2)C1. The van der Waals surface area contributed by atoms with Gasteiger partial charge in [0.15, 0.2) is 0 Å². The number of fused-ring (bicyclic) bond motifs is 1. The molecule has 0 saturated carbocycles. The highest BCUT2D eigenvalue weighted by Gasteiger charge is 2.48. The van der Waals surface area contributed by atoms with Crippen molar-refractivity contribution in [3.05, 3.63) is 88.2 Å². The molecule has 280 valence electrons. The first-order chi connectivity index (χ1) is 26.0. The third-order valence-corrected chi connectivity index (χ3v) is 12.4. The molecule has 3 fully saturated rings. The Balaban J connectivity index is 1.02. The maximum absolute atomic E-state index is 11.8. The molecule has 8 rings (SSSR count). The third kappa shape index (κ3) is 6.85. The van der Waals surface area contributed by atoms with Crippen LogP contribution in [0.4, 0.5) is 0 Å². The van der Waals surface area contributed by atoms with Crippen LogP contribution in [0, 0.1) is 5.41 Å². The number of likely N-dealkylation sites (tertiary alicyclic amines) is 2. The standard InChI is InChI=1S/C42H45Cl2N7O3/c1-26(52)51-16-13-30(14-17-51)48(2)20-29-21-49(3)41-31(29)10-11-35(47-41)34-7-5-6-32(38(34)43)33-12-15-45-40(39(33)44)27-8-9-28(36(18-27)54-4)22-50-24-42(25-50)19-37(53)46-23-42/h5-12,15,18,21,30H,13-14,16-17,19-20,22-25H2,1-4H3,(H,46,53). The van der Waals surface area contributed by atoms with E-state index in [1.807, 2.05) is 54.4 Å². The van der Waals surface area contributed by atoms with Crippen molar-refractivity contribution in [3.8, 4) is 39.4 Å². The van der Waals surface area contributed by atoms with Gasteiger partial charge in [-0.15, -0.1) is 0 Å². The Morgan fingerprint density at radius 1 is 1.02 bits per heavy atom. The average Bonchev–Trinajstić information content (AvgIpc) is 3.70. The normalized spacial score (nSPS) is 17.4. The van der Waals surface area contributed by atoms with Crippen molar-refractivity contribution in [1.29, 1.82) is 0 Å². The van der Waals surface area contributed by atoms with Crippen LogP contribution in [0.5, 0.6) is 5.75 Å². The number of halogens is 2. The Bertz CT molecular complexity index is 2260. The van der Waals surface area contributed by atoms with Crippen LogP contribution >= 0.6 is 23.2 Å². The van der Waals surface area contributed by atoms with Crippen LogP contribution in [0.25, 0.3) is 44.7 Å². The van der Waals surface area contributed by atoms with E-state index in [2.05, 4.69) is 50.0 Å². The fourth-order valence-electron chi connectivity index (χ4n) is 8.67. The van der Waals surface area contributed by atoms with Gasteiger partial charge in [-0.05, 0) is 49.7 Å². The van der Waals surface area contributed by atoms with Crippen LogP contribution in [-0.2, 0) is 29.7 Å². The minimum atomic E-state index is 0.0725. The Kier molecular flexibility index (Phi) is 9.89. The van der Waals surface area contributed by atoms with Crippen molar-refractivity contribution < 1.29 is 14.3 Å². The Morgan fingerprint density at radius 2 is 1.78 bits per heavy atom. The predicted molar refractivity (Wildman–Crippen MR) is 213 cm³/mol. The van der Waals surface area contributed by atoms with Gasteiger partial charge in [0.25, 0.3) is 0 Å². The number of aryl methyl sites for hydroxylation is 1. The van der Waals surface area contributed by atoms with Crippen LogP contribution in [0.1, 0.15) is 37.3 Å². The number of hydrogen-bond acceptors (Lipinski definition) is 7. The van der Waals surface area contributed by atoms with Crippen LogP contribution in [0.15, 0.2) is 67.0 Å². The summed E-state index contributed by atoms with van der Waals surface area (Å²) in [5, 5.41) is 5.15. The molecule has 3 aliphatic heterocycles. The number of nitrogens with zero attached hydrogens (tertiary/aromatic N) is 6. The summed E-state index contributed by atoms with van der Waals surface area (Å²) in [6, 6.07) is 18.6. The van der Waals surface area contributed by atoms with Gasteiger partial charge in [0.1, 0.15) is 11.4 Å². The average molecular weight is 767 g/mol. The lowest BCUT2D eigenvalue weighted by atomic mass is 9.79. The lowest BCUT2D eigenvalue weighted by Gasteiger charge is -2.47. The second kappa shape index (κ2) is 14.6. The van der Waals surface area contributed by atoms with E-state index in [1.54, 1.807) is 20.2 Å². The Labute approximate surface area is 326 Å². The molecule has 0 unspecified atom stereocenters. The number of carbonyl (C=O) groups excluding carboxylic acids is 2. The molecule has 0 atom stereocenters. The van der Waals surface area contributed by atoms with E-state index in [9.17, 15) is 9.59 Å². The van der Waals surface area contributed by atoms with Crippen molar-refractivity contribution in [1.82, 2.24) is 34.6 Å². The minimum absolute atomic E-state index is 0.0725. The zero-order valence-electron chi connectivity index (χ0n) is 31.2. The number of hydrogen-bond donors (Lipinski definition) is 1. The second-order valence-corrected chi connectivity index (χ2v) is 16.1. The summed E-state index contributed by atoms with van der Waals surface area (Å²) in [5.74, 6) is 1.07. The molecule has 0 aliphatic carbocycles. The number of piperidine rings is 1. The summed E-state index contributed by atoms with van der Waals surface area (Å²) in [6.07, 6.45) is 6.49. The first kappa shape index (κ1) is 36.5. The summed E-state index contributed by atoms with van der Waals surface area (Å²) in [7, 11) is 5.88. The van der Waals surface area contributed by atoms with E-state index in [0.29, 0.717) is 28.2 Å². The minimum Gasteiger partial charge on any atom is -0.496 e. The molecule has 10 nitrogen and oxygen atoms in total. The molecule has 1 spiro atoms. The smallest absolute Gasteiger partial charge is 0.220 e. The molecule has 0 radical (unpaired) electrons. The first-order valence-electron chi connectivity index (χ1n) is 18.5. The third-order valence-electron chi connectivity index (χ3n) is 11.6. The highest BCUT2D eigenvalue weighted by molar-refractivity contribution is 6.39. The summed E-state index contributed by atoms with van der Waals surface area (Å²) < 4.78 is 7.92. The van der Waals surface area contributed by atoms with Gasteiger partial charge in [-0.1, -0.05) is 53.5 Å². The predicted octanol–water partition coefficient (Wildman–Crippen LogP) is 7.05. The fourth-order valence-corrected chi connectivity index (χ4v) is 9.32. The van der Waals surface area contributed by atoms with Crippen molar-refractivity contribution >= 4 is 46.0 Å². The Morgan fingerprint density at radius 3 is 2.50 bits per heavy atom. The van der Waals surface area contributed by atoms with Gasteiger partial charge < -0.3 is 19.5 Å². The molecule has 2 amide bonds. The van der Waals surface area contributed by atoms with Crippen molar-refractivity contribution in [2.75, 3.05) is 46.9 Å². The maximum atomic E-state index is 11.8. The van der Waals surface area contributed by atoms with E-state index >= 15 is 0 Å². The van der Waals surface area contributed by atoms with E-state index in [1.165, 1.54) is 5.56 Å². The number of pyridine rings is 2. The molecule has 12 heteroatoms. The number of methoxy groups -OCH3 is 1. The number of ether oxygens (including phenoxy) is 1. The maximum Gasteiger partial charge on any atom is 0.220 e. The molecule has 1 N–H and O–H groups in total. The monoisotopic (exact) mass is 765 g/mol. The van der Waals surface area contributed by atoms with Gasteiger partial charge in [0.2, 0.25) is 11.8 Å². The highest BCUT2D eigenvalue weighted by atomic mass is 35.5. The highest BCUT2D eigenvalue weighted by Crippen LogP contribution is 2.43. The van der Waals surface area contributed by atoms with E-state index in [0.717, 1.165) is 109 Å². The van der Waals surface area contributed by atoms with Gasteiger partial charge in [-0.3, -0.25) is 24.4 Å². The number of carbonyl (C=O) groups is 2. The summed E-state index contributed by atoms with van der Waals surface area (Å²) in [4.78, 5) is 40.1. The van der Waals surface area contributed by atoms with Crippen molar-refractivity contribution in [2.45, 2.75) is 45.3 Å². The molecule has 0 bridgehead atoms. The Hall–Kier alpha value is -4.48. The lowest BCUT2D eigenvalue weighted by Crippen LogP contribution is -2.56. The number of benzene rings is 2.